The predicted molar refractivity (Wildman–Crippen MR) is 136 cm³/mol. The van der Waals surface area contributed by atoms with E-state index in [2.05, 4.69) is 24.9 Å². The van der Waals surface area contributed by atoms with Gasteiger partial charge in [0, 0.05) is 10.5 Å². The van der Waals surface area contributed by atoms with Crippen molar-refractivity contribution in [2.75, 3.05) is 0 Å². The highest BCUT2D eigenvalue weighted by molar-refractivity contribution is 7.80. The van der Waals surface area contributed by atoms with Gasteiger partial charge in [0.1, 0.15) is 5.52 Å². The zero-order valence-electron chi connectivity index (χ0n) is 18.6. The van der Waals surface area contributed by atoms with E-state index in [0.717, 1.165) is 39.3 Å². The van der Waals surface area contributed by atoms with Gasteiger partial charge in [0.25, 0.3) is 11.8 Å². The van der Waals surface area contributed by atoms with Crippen LogP contribution in [0.3, 0.4) is 0 Å². The van der Waals surface area contributed by atoms with Gasteiger partial charge in [-0.15, -0.1) is 12.6 Å². The Kier molecular flexibility index (Phi) is 8.20. The molecule has 0 fully saturated rings. The number of nitrogens with one attached hydrogen (secondary N) is 1. The first kappa shape index (κ1) is 24.4. The van der Waals surface area contributed by atoms with Gasteiger partial charge < -0.3 is 0 Å². The number of hydrogen-bond acceptors (Lipinski definition) is 5. The summed E-state index contributed by atoms with van der Waals surface area (Å²) < 4.78 is 0. The summed E-state index contributed by atoms with van der Waals surface area (Å²) in [6, 6.07) is 20.3. The number of carbonyl (C=O) groups is 2. The average molecular weight is 478 g/mol. The van der Waals surface area contributed by atoms with E-state index in [1.807, 2.05) is 56.3 Å². The molecular weight excluding hydrogens is 454 g/mol. The van der Waals surface area contributed by atoms with Gasteiger partial charge in [-0.1, -0.05) is 68.8 Å². The van der Waals surface area contributed by atoms with Crippen LogP contribution in [0.15, 0.2) is 71.6 Å². The molecule has 0 saturated carbocycles. The van der Waals surface area contributed by atoms with E-state index >= 15 is 0 Å². The van der Waals surface area contributed by atoms with E-state index in [1.165, 1.54) is 0 Å². The van der Waals surface area contributed by atoms with Crippen LogP contribution in [0.4, 0.5) is 0 Å². The standard InChI is InChI=1S/C16H13ClN2S.C8H5NO2.C2H6/c1-2-12-15(10-6-3-4-9-14(10)20)19-16-11(17)7-5-8-13(16)18-12;10-7-5-3-1-2-4-6(5)8(11)9-7;1-2/h3-9,20H,2H2,1H3;1-4H,(H,9,10,11);1-2H3. The van der Waals surface area contributed by atoms with Crippen LogP contribution in [-0.2, 0) is 6.42 Å². The molecular formula is C26H24ClN3O2S. The number of aromatic nitrogens is 2. The molecule has 1 N–H and O–H groups in total. The second kappa shape index (κ2) is 11.1. The predicted octanol–water partition coefficient (Wildman–Crippen LogP) is 6.40. The van der Waals surface area contributed by atoms with Gasteiger partial charge in [-0.25, -0.2) is 9.97 Å². The maximum atomic E-state index is 10.9. The number of carbonyl (C=O) groups excluding carboxylic acids is 2. The largest absolute Gasteiger partial charge is 0.288 e. The summed E-state index contributed by atoms with van der Waals surface area (Å²) in [5.41, 5.74) is 5.31. The van der Waals surface area contributed by atoms with Crippen LogP contribution in [0.2, 0.25) is 5.02 Å². The minimum Gasteiger partial charge on any atom is -0.288 e. The third kappa shape index (κ3) is 5.24. The molecule has 4 aromatic rings. The summed E-state index contributed by atoms with van der Waals surface area (Å²) in [5.74, 6) is -0.601. The van der Waals surface area contributed by atoms with E-state index in [-0.39, 0.29) is 11.8 Å². The van der Waals surface area contributed by atoms with Crippen LogP contribution in [0.25, 0.3) is 22.3 Å². The summed E-state index contributed by atoms with van der Waals surface area (Å²) in [5, 5.41) is 2.83. The van der Waals surface area contributed by atoms with Crippen molar-refractivity contribution in [1.29, 1.82) is 0 Å². The molecule has 0 saturated heterocycles. The number of benzene rings is 3. The highest BCUT2D eigenvalue weighted by Crippen LogP contribution is 2.30. The number of hydrogen-bond donors (Lipinski definition) is 2. The van der Waals surface area contributed by atoms with Crippen molar-refractivity contribution < 1.29 is 9.59 Å². The van der Waals surface area contributed by atoms with Crippen LogP contribution in [0, 0.1) is 0 Å². The Balaban J connectivity index is 0.000000199. The maximum absolute atomic E-state index is 10.9. The molecule has 168 valence electrons. The molecule has 0 aliphatic carbocycles. The van der Waals surface area contributed by atoms with Gasteiger partial charge in [-0.05, 0) is 36.8 Å². The average Bonchev–Trinajstić information content (AvgIpc) is 3.14. The number of rotatable bonds is 2. The molecule has 33 heavy (non-hydrogen) atoms. The minimum atomic E-state index is -0.300. The number of fused-ring (bicyclic) bond motifs is 2. The van der Waals surface area contributed by atoms with Gasteiger partial charge in [0.15, 0.2) is 0 Å². The number of aryl methyl sites for hydroxylation is 1. The van der Waals surface area contributed by atoms with Crippen LogP contribution in [0.1, 0.15) is 47.2 Å². The number of imide groups is 1. The highest BCUT2D eigenvalue weighted by Gasteiger charge is 2.25. The summed E-state index contributed by atoms with van der Waals surface area (Å²) >= 11 is 10.7. The van der Waals surface area contributed by atoms with Crippen LogP contribution in [0.5, 0.6) is 0 Å². The number of para-hydroxylation sites is 1. The molecule has 5 nitrogen and oxygen atoms in total. The van der Waals surface area contributed by atoms with Gasteiger partial charge in [0.2, 0.25) is 0 Å². The summed E-state index contributed by atoms with van der Waals surface area (Å²) in [6.45, 7) is 6.07. The van der Waals surface area contributed by atoms with Crippen LogP contribution < -0.4 is 5.32 Å². The molecule has 0 radical (unpaired) electrons. The third-order valence-electron chi connectivity index (χ3n) is 4.86. The normalized spacial score (nSPS) is 11.7. The summed E-state index contributed by atoms with van der Waals surface area (Å²) in [6.07, 6.45) is 0.812. The second-order valence-corrected chi connectivity index (χ2v) is 7.72. The summed E-state index contributed by atoms with van der Waals surface area (Å²) in [7, 11) is 0. The van der Waals surface area contributed by atoms with E-state index in [9.17, 15) is 9.59 Å². The molecule has 7 heteroatoms. The Morgan fingerprint density at radius 1 is 0.818 bits per heavy atom. The number of thiol groups is 1. The monoisotopic (exact) mass is 477 g/mol. The molecule has 5 rings (SSSR count). The third-order valence-corrected chi connectivity index (χ3v) is 5.55. The van der Waals surface area contributed by atoms with Crippen LogP contribution in [-0.4, -0.2) is 21.8 Å². The fraction of sp³-hybridized carbons (Fsp3) is 0.154. The van der Waals surface area contributed by atoms with Gasteiger partial charge in [-0.2, -0.15) is 0 Å². The quantitative estimate of drug-likeness (QED) is 0.259. The molecule has 1 aliphatic rings. The lowest BCUT2D eigenvalue weighted by Crippen LogP contribution is -2.19. The maximum Gasteiger partial charge on any atom is 0.258 e. The first-order valence-electron chi connectivity index (χ1n) is 10.7. The zero-order chi connectivity index (χ0) is 24.0. The highest BCUT2D eigenvalue weighted by atomic mass is 35.5. The molecule has 3 aromatic carbocycles. The fourth-order valence-electron chi connectivity index (χ4n) is 3.33. The fourth-order valence-corrected chi connectivity index (χ4v) is 3.81. The second-order valence-electron chi connectivity index (χ2n) is 6.83. The van der Waals surface area contributed by atoms with E-state index in [1.54, 1.807) is 24.3 Å². The molecule has 1 aromatic heterocycles. The molecule has 2 amide bonds. The lowest BCUT2D eigenvalue weighted by atomic mass is 10.1. The molecule has 0 spiro atoms. The van der Waals surface area contributed by atoms with Crippen LogP contribution >= 0.6 is 24.2 Å². The lowest BCUT2D eigenvalue weighted by molar-refractivity contribution is 0.0879. The smallest absolute Gasteiger partial charge is 0.258 e. The summed E-state index contributed by atoms with van der Waals surface area (Å²) in [4.78, 5) is 32.2. The van der Waals surface area contributed by atoms with Gasteiger partial charge in [0.05, 0.1) is 33.1 Å². The van der Waals surface area contributed by atoms with E-state index in [0.29, 0.717) is 16.1 Å². The molecule has 2 heterocycles. The van der Waals surface area contributed by atoms with Crippen molar-refractivity contribution in [1.82, 2.24) is 15.3 Å². The Bertz CT molecular complexity index is 1290. The van der Waals surface area contributed by atoms with Crippen molar-refractivity contribution in [2.45, 2.75) is 32.1 Å². The van der Waals surface area contributed by atoms with Crippen molar-refractivity contribution in [3.63, 3.8) is 0 Å². The Morgan fingerprint density at radius 2 is 1.39 bits per heavy atom. The van der Waals surface area contributed by atoms with Crippen molar-refractivity contribution in [3.05, 3.63) is 88.6 Å². The number of amides is 2. The van der Waals surface area contributed by atoms with E-state index < -0.39 is 0 Å². The molecule has 1 aliphatic heterocycles. The molecule has 0 atom stereocenters. The van der Waals surface area contributed by atoms with Gasteiger partial charge in [-0.3, -0.25) is 14.9 Å². The first-order valence-corrected chi connectivity index (χ1v) is 11.5. The Labute approximate surface area is 203 Å². The van der Waals surface area contributed by atoms with Crippen molar-refractivity contribution in [3.8, 4) is 11.3 Å². The first-order chi connectivity index (χ1) is 16.0. The Morgan fingerprint density at radius 3 is 1.97 bits per heavy atom. The SMILES string of the molecule is CC.CCc1nc2cccc(Cl)c2nc1-c1ccccc1S.O=C1NC(=O)c2ccccc21. The topological polar surface area (TPSA) is 72.0 Å². The number of nitrogens with zero attached hydrogens (tertiary/aromatic N) is 2. The van der Waals surface area contributed by atoms with Crippen molar-refractivity contribution >= 4 is 47.1 Å². The van der Waals surface area contributed by atoms with Crippen molar-refractivity contribution in [2.24, 2.45) is 0 Å². The molecule has 0 bridgehead atoms. The minimum absolute atomic E-state index is 0.300. The molecule has 0 unspecified atom stereocenters. The Hall–Kier alpha value is -3.22. The van der Waals surface area contributed by atoms with E-state index in [4.69, 9.17) is 21.6 Å². The van der Waals surface area contributed by atoms with Gasteiger partial charge >= 0.3 is 0 Å². The lowest BCUT2D eigenvalue weighted by Gasteiger charge is -2.11. The zero-order valence-corrected chi connectivity index (χ0v) is 20.2. The number of halogens is 1.